The van der Waals surface area contributed by atoms with Crippen molar-refractivity contribution in [3.8, 4) is 0 Å². The number of methoxy groups -OCH3 is 1. The van der Waals surface area contributed by atoms with Crippen LogP contribution in [0, 0.1) is 5.92 Å². The van der Waals surface area contributed by atoms with Crippen LogP contribution in [0.2, 0.25) is 5.02 Å². The molecule has 1 aromatic rings. The Morgan fingerprint density at radius 1 is 1.43 bits per heavy atom. The van der Waals surface area contributed by atoms with Crippen LogP contribution in [-0.4, -0.2) is 19.6 Å². The van der Waals surface area contributed by atoms with E-state index in [-0.39, 0.29) is 0 Å². The van der Waals surface area contributed by atoms with Crippen molar-refractivity contribution in [1.82, 2.24) is 0 Å². The summed E-state index contributed by atoms with van der Waals surface area (Å²) in [6.07, 6.45) is 4.65. The smallest absolute Gasteiger partial charge is 0.340 e. The number of unbranched alkanes of at least 4 members (excludes halogenated alkanes) is 1. The molecule has 0 saturated carbocycles. The van der Waals surface area contributed by atoms with Gasteiger partial charge in [-0.3, -0.25) is 0 Å². The third kappa shape index (κ3) is 5.12. The van der Waals surface area contributed by atoms with Gasteiger partial charge in [-0.15, -0.1) is 0 Å². The second kappa shape index (κ2) is 8.78. The number of ether oxygens (including phenoxy) is 1. The molecule has 0 fully saturated rings. The minimum absolute atomic E-state index is 0.382. The Balaban J connectivity index is 2.88. The first-order valence-corrected chi connectivity index (χ1v) is 7.82. The summed E-state index contributed by atoms with van der Waals surface area (Å²) in [4.78, 5) is 11.8. The maximum Gasteiger partial charge on any atom is 0.340 e. The molecule has 118 valence electrons. The van der Waals surface area contributed by atoms with Gasteiger partial charge in [0, 0.05) is 12.2 Å². The Morgan fingerprint density at radius 3 is 2.71 bits per heavy atom. The molecule has 1 unspecified atom stereocenters. The third-order valence-corrected chi connectivity index (χ3v) is 3.93. The summed E-state index contributed by atoms with van der Waals surface area (Å²) in [6, 6.07) is 3.23. The molecule has 1 aromatic carbocycles. The zero-order chi connectivity index (χ0) is 15.8. The predicted octanol–water partition coefficient (Wildman–Crippen LogP) is 4.34. The molecule has 1 atom stereocenters. The summed E-state index contributed by atoms with van der Waals surface area (Å²) >= 11 is 6.22. The minimum Gasteiger partial charge on any atom is -0.465 e. The number of nitrogen functional groups attached to an aromatic ring is 1. The van der Waals surface area contributed by atoms with E-state index in [4.69, 9.17) is 22.1 Å². The number of esters is 1. The molecule has 0 aliphatic rings. The molecule has 0 amide bonds. The van der Waals surface area contributed by atoms with Crippen molar-refractivity contribution in [2.24, 2.45) is 5.92 Å². The van der Waals surface area contributed by atoms with E-state index in [1.807, 2.05) is 0 Å². The van der Waals surface area contributed by atoms with Gasteiger partial charge < -0.3 is 15.8 Å². The second-order valence-corrected chi connectivity index (χ2v) is 5.62. The fourth-order valence-corrected chi connectivity index (χ4v) is 2.56. The van der Waals surface area contributed by atoms with Crippen molar-refractivity contribution >= 4 is 28.9 Å². The highest BCUT2D eigenvalue weighted by molar-refractivity contribution is 6.34. The molecule has 0 bridgehead atoms. The van der Waals surface area contributed by atoms with Crippen molar-refractivity contribution in [1.29, 1.82) is 0 Å². The molecule has 21 heavy (non-hydrogen) atoms. The Labute approximate surface area is 132 Å². The first-order chi connectivity index (χ1) is 10.0. The molecular formula is C16H25ClN2O2. The molecule has 3 N–H and O–H groups in total. The summed E-state index contributed by atoms with van der Waals surface area (Å²) in [5.41, 5.74) is 7.18. The van der Waals surface area contributed by atoms with Crippen LogP contribution in [0.5, 0.6) is 0 Å². The molecule has 5 heteroatoms. The molecule has 4 nitrogen and oxygen atoms in total. The fourth-order valence-electron chi connectivity index (χ4n) is 2.27. The lowest BCUT2D eigenvalue weighted by Gasteiger charge is -2.19. The van der Waals surface area contributed by atoms with E-state index in [9.17, 15) is 4.79 Å². The van der Waals surface area contributed by atoms with Gasteiger partial charge >= 0.3 is 5.97 Å². The number of benzene rings is 1. The predicted molar refractivity (Wildman–Crippen MR) is 89.0 cm³/mol. The summed E-state index contributed by atoms with van der Waals surface area (Å²) < 4.78 is 4.79. The van der Waals surface area contributed by atoms with Gasteiger partial charge in [0.25, 0.3) is 0 Å². The normalized spacial score (nSPS) is 12.0. The Kier molecular flexibility index (Phi) is 7.37. The minimum atomic E-state index is -0.437. The van der Waals surface area contributed by atoms with Crippen LogP contribution in [0.25, 0.3) is 0 Å². The first kappa shape index (κ1) is 17.6. The number of rotatable bonds is 8. The van der Waals surface area contributed by atoms with Crippen LogP contribution in [-0.2, 0) is 4.74 Å². The highest BCUT2D eigenvalue weighted by Crippen LogP contribution is 2.30. The van der Waals surface area contributed by atoms with Crippen LogP contribution in [0.3, 0.4) is 0 Å². The van der Waals surface area contributed by atoms with Crippen LogP contribution < -0.4 is 11.1 Å². The molecule has 0 spiro atoms. The lowest BCUT2D eigenvalue weighted by molar-refractivity contribution is 0.0602. The lowest BCUT2D eigenvalue weighted by atomic mass is 9.99. The van der Waals surface area contributed by atoms with Crippen LogP contribution >= 0.6 is 11.6 Å². The zero-order valence-corrected chi connectivity index (χ0v) is 13.8. The van der Waals surface area contributed by atoms with E-state index in [2.05, 4.69) is 19.2 Å². The third-order valence-electron chi connectivity index (χ3n) is 3.63. The largest absolute Gasteiger partial charge is 0.465 e. The van der Waals surface area contributed by atoms with Crippen molar-refractivity contribution < 1.29 is 9.53 Å². The zero-order valence-electron chi connectivity index (χ0n) is 13.0. The standard InChI is InChI=1S/C16H25ClN2O2/c1-4-6-7-11(5-2)10-19-15-13(16(20)21-3)8-12(18)9-14(15)17/h8-9,11,19H,4-7,10,18H2,1-3H3. The van der Waals surface area contributed by atoms with Gasteiger partial charge in [0.15, 0.2) is 0 Å². The number of carbonyl (C=O) groups excluding carboxylic acids is 1. The number of anilines is 2. The fraction of sp³-hybridized carbons (Fsp3) is 0.562. The topological polar surface area (TPSA) is 64.3 Å². The van der Waals surface area contributed by atoms with Gasteiger partial charge in [-0.2, -0.15) is 0 Å². The maximum absolute atomic E-state index is 11.8. The van der Waals surface area contributed by atoms with Gasteiger partial charge in [0.05, 0.1) is 23.4 Å². The molecular weight excluding hydrogens is 288 g/mol. The van der Waals surface area contributed by atoms with Crippen LogP contribution in [0.15, 0.2) is 12.1 Å². The number of carbonyl (C=O) groups is 1. The average molecular weight is 313 g/mol. The number of hydrogen-bond donors (Lipinski definition) is 2. The molecule has 0 aromatic heterocycles. The average Bonchev–Trinajstić information content (AvgIpc) is 2.47. The van der Waals surface area contributed by atoms with Crippen molar-refractivity contribution in [2.45, 2.75) is 39.5 Å². The Hall–Kier alpha value is -1.42. The molecule has 0 heterocycles. The molecule has 0 aliphatic carbocycles. The van der Waals surface area contributed by atoms with Gasteiger partial charge in [-0.05, 0) is 24.5 Å². The van der Waals surface area contributed by atoms with E-state index < -0.39 is 5.97 Å². The van der Waals surface area contributed by atoms with Crippen molar-refractivity contribution in [3.05, 3.63) is 22.7 Å². The first-order valence-electron chi connectivity index (χ1n) is 7.44. The summed E-state index contributed by atoms with van der Waals surface area (Å²) in [5.74, 6) is 0.123. The molecule has 0 aliphatic heterocycles. The number of nitrogens with one attached hydrogen (secondary N) is 1. The van der Waals surface area contributed by atoms with E-state index in [1.54, 1.807) is 12.1 Å². The summed E-state index contributed by atoms with van der Waals surface area (Å²) in [7, 11) is 1.35. The Bertz CT molecular complexity index is 478. The number of hydrogen-bond acceptors (Lipinski definition) is 4. The monoisotopic (exact) mass is 312 g/mol. The number of halogens is 1. The van der Waals surface area contributed by atoms with Crippen LogP contribution in [0.4, 0.5) is 11.4 Å². The van der Waals surface area contributed by atoms with Gasteiger partial charge in [0.1, 0.15) is 0 Å². The highest BCUT2D eigenvalue weighted by atomic mass is 35.5. The molecule has 1 rings (SSSR count). The van der Waals surface area contributed by atoms with Crippen molar-refractivity contribution in [3.63, 3.8) is 0 Å². The maximum atomic E-state index is 11.8. The highest BCUT2D eigenvalue weighted by Gasteiger charge is 2.17. The van der Waals surface area contributed by atoms with E-state index in [1.165, 1.54) is 26.4 Å². The SMILES string of the molecule is CCCCC(CC)CNc1c(Cl)cc(N)cc1C(=O)OC. The summed E-state index contributed by atoms with van der Waals surface area (Å²) in [5, 5.41) is 3.74. The Morgan fingerprint density at radius 2 is 2.14 bits per heavy atom. The molecule has 0 radical (unpaired) electrons. The van der Waals surface area contributed by atoms with E-state index in [0.29, 0.717) is 27.9 Å². The number of nitrogens with two attached hydrogens (primary N) is 1. The second-order valence-electron chi connectivity index (χ2n) is 5.21. The quantitative estimate of drug-likeness (QED) is 0.553. The van der Waals surface area contributed by atoms with Gasteiger partial charge in [0.2, 0.25) is 0 Å². The van der Waals surface area contributed by atoms with Crippen molar-refractivity contribution in [2.75, 3.05) is 24.7 Å². The van der Waals surface area contributed by atoms with Gasteiger partial charge in [-0.1, -0.05) is 44.7 Å². The molecule has 0 saturated heterocycles. The van der Waals surface area contributed by atoms with Crippen LogP contribution in [0.1, 0.15) is 49.9 Å². The van der Waals surface area contributed by atoms with E-state index >= 15 is 0 Å². The summed E-state index contributed by atoms with van der Waals surface area (Å²) in [6.45, 7) is 5.14. The lowest BCUT2D eigenvalue weighted by Crippen LogP contribution is -2.16. The van der Waals surface area contributed by atoms with Gasteiger partial charge in [-0.25, -0.2) is 4.79 Å². The van der Waals surface area contributed by atoms with E-state index in [0.717, 1.165) is 13.0 Å².